The normalized spacial score (nSPS) is 10.7. The van der Waals surface area contributed by atoms with Gasteiger partial charge in [-0.1, -0.05) is 12.1 Å². The Morgan fingerprint density at radius 3 is 2.48 bits per heavy atom. The first-order valence-corrected chi connectivity index (χ1v) is 9.40. The molecule has 7 nitrogen and oxygen atoms in total. The zero-order valence-electron chi connectivity index (χ0n) is 15.5. The SMILES string of the molecule is Cc1nn(-c2ccc(NCCNC(=O)c3ccccc3Br)nn2)c(C)c1C. The van der Waals surface area contributed by atoms with Crippen molar-refractivity contribution in [2.45, 2.75) is 20.8 Å². The molecule has 140 valence electrons. The van der Waals surface area contributed by atoms with Gasteiger partial charge in [0.25, 0.3) is 5.91 Å². The third kappa shape index (κ3) is 4.33. The number of halogens is 1. The van der Waals surface area contributed by atoms with Gasteiger partial charge in [0, 0.05) is 23.3 Å². The van der Waals surface area contributed by atoms with Crippen molar-refractivity contribution in [1.29, 1.82) is 0 Å². The maximum Gasteiger partial charge on any atom is 0.252 e. The van der Waals surface area contributed by atoms with Crippen LogP contribution in [-0.4, -0.2) is 39.0 Å². The molecule has 0 aliphatic carbocycles. The number of anilines is 1. The topological polar surface area (TPSA) is 84.7 Å². The van der Waals surface area contributed by atoms with Gasteiger partial charge < -0.3 is 10.6 Å². The smallest absolute Gasteiger partial charge is 0.252 e. The number of hydrogen-bond donors (Lipinski definition) is 2. The lowest BCUT2D eigenvalue weighted by Gasteiger charge is -2.09. The molecule has 1 amide bonds. The van der Waals surface area contributed by atoms with E-state index in [1.54, 1.807) is 10.7 Å². The fourth-order valence-electron chi connectivity index (χ4n) is 2.58. The fourth-order valence-corrected chi connectivity index (χ4v) is 3.05. The molecule has 2 heterocycles. The molecule has 3 aromatic rings. The number of amides is 1. The maximum absolute atomic E-state index is 12.1. The number of carbonyl (C=O) groups excluding carboxylic acids is 1. The highest BCUT2D eigenvalue weighted by Gasteiger charge is 2.11. The number of benzene rings is 1. The highest BCUT2D eigenvalue weighted by atomic mass is 79.9. The van der Waals surface area contributed by atoms with Crippen molar-refractivity contribution in [3.05, 3.63) is 63.4 Å². The van der Waals surface area contributed by atoms with E-state index in [0.29, 0.717) is 30.3 Å². The monoisotopic (exact) mass is 428 g/mol. The number of rotatable bonds is 6. The van der Waals surface area contributed by atoms with Crippen LogP contribution in [0.3, 0.4) is 0 Å². The summed E-state index contributed by atoms with van der Waals surface area (Å²) in [7, 11) is 0. The zero-order valence-corrected chi connectivity index (χ0v) is 17.0. The van der Waals surface area contributed by atoms with Crippen LogP contribution < -0.4 is 10.6 Å². The number of hydrogen-bond acceptors (Lipinski definition) is 5. The number of carbonyl (C=O) groups is 1. The molecule has 0 spiro atoms. The van der Waals surface area contributed by atoms with E-state index < -0.39 is 0 Å². The summed E-state index contributed by atoms with van der Waals surface area (Å²) in [6, 6.07) is 11.0. The van der Waals surface area contributed by atoms with Crippen LogP contribution >= 0.6 is 15.9 Å². The average molecular weight is 429 g/mol. The van der Waals surface area contributed by atoms with Crippen molar-refractivity contribution in [3.63, 3.8) is 0 Å². The van der Waals surface area contributed by atoms with Crippen molar-refractivity contribution in [3.8, 4) is 5.82 Å². The van der Waals surface area contributed by atoms with Crippen LogP contribution in [0.25, 0.3) is 5.82 Å². The molecule has 0 atom stereocenters. The minimum atomic E-state index is -0.120. The lowest BCUT2D eigenvalue weighted by molar-refractivity contribution is 0.0954. The van der Waals surface area contributed by atoms with Crippen LogP contribution in [0.1, 0.15) is 27.3 Å². The van der Waals surface area contributed by atoms with Crippen LogP contribution in [0, 0.1) is 20.8 Å². The quantitative estimate of drug-likeness (QED) is 0.588. The van der Waals surface area contributed by atoms with Crippen LogP contribution in [0.5, 0.6) is 0 Å². The summed E-state index contributed by atoms with van der Waals surface area (Å²) in [5, 5.41) is 18.9. The minimum absolute atomic E-state index is 0.120. The first kappa shape index (κ1) is 19.0. The largest absolute Gasteiger partial charge is 0.367 e. The molecular weight excluding hydrogens is 408 g/mol. The summed E-state index contributed by atoms with van der Waals surface area (Å²) in [5.74, 6) is 1.20. The molecule has 0 unspecified atom stereocenters. The Hall–Kier alpha value is -2.74. The molecule has 0 bridgehead atoms. The summed E-state index contributed by atoms with van der Waals surface area (Å²) < 4.78 is 2.57. The molecule has 3 rings (SSSR count). The van der Waals surface area contributed by atoms with Crippen molar-refractivity contribution in [1.82, 2.24) is 25.3 Å². The van der Waals surface area contributed by atoms with E-state index in [9.17, 15) is 4.79 Å². The van der Waals surface area contributed by atoms with Gasteiger partial charge in [0.2, 0.25) is 0 Å². The minimum Gasteiger partial charge on any atom is -0.367 e. The number of nitrogens with zero attached hydrogens (tertiary/aromatic N) is 4. The van der Waals surface area contributed by atoms with Gasteiger partial charge in [0.05, 0.1) is 11.3 Å². The highest BCUT2D eigenvalue weighted by Crippen LogP contribution is 2.16. The second kappa shape index (κ2) is 8.30. The second-order valence-corrected chi connectivity index (χ2v) is 7.00. The van der Waals surface area contributed by atoms with Crippen molar-refractivity contribution >= 4 is 27.7 Å². The molecule has 2 aromatic heterocycles. The van der Waals surface area contributed by atoms with E-state index in [2.05, 4.69) is 41.9 Å². The van der Waals surface area contributed by atoms with Gasteiger partial charge >= 0.3 is 0 Å². The Balaban J connectivity index is 1.53. The molecule has 0 radical (unpaired) electrons. The first-order chi connectivity index (χ1) is 13.0. The van der Waals surface area contributed by atoms with Crippen LogP contribution in [0.2, 0.25) is 0 Å². The lowest BCUT2D eigenvalue weighted by atomic mass is 10.2. The van der Waals surface area contributed by atoms with Gasteiger partial charge in [-0.3, -0.25) is 4.79 Å². The fraction of sp³-hybridized carbons (Fsp3) is 0.263. The summed E-state index contributed by atoms with van der Waals surface area (Å²) in [6.45, 7) is 7.05. The average Bonchev–Trinajstić information content (AvgIpc) is 2.93. The molecule has 0 aliphatic heterocycles. The lowest BCUT2D eigenvalue weighted by Crippen LogP contribution is -2.29. The van der Waals surface area contributed by atoms with Crippen LogP contribution in [0.15, 0.2) is 40.9 Å². The van der Waals surface area contributed by atoms with Crippen molar-refractivity contribution in [2.24, 2.45) is 0 Å². The molecule has 0 aliphatic rings. The summed E-state index contributed by atoms with van der Waals surface area (Å²) in [4.78, 5) is 12.1. The van der Waals surface area contributed by atoms with E-state index in [0.717, 1.165) is 21.4 Å². The van der Waals surface area contributed by atoms with Gasteiger partial charge in [0.15, 0.2) is 5.82 Å². The molecular formula is C19H21BrN6O. The maximum atomic E-state index is 12.1. The van der Waals surface area contributed by atoms with E-state index in [-0.39, 0.29) is 5.91 Å². The second-order valence-electron chi connectivity index (χ2n) is 6.15. The molecule has 1 aromatic carbocycles. The Labute approximate surface area is 166 Å². The molecule has 0 saturated heterocycles. The predicted octanol–water partition coefficient (Wildman–Crippen LogP) is 3.19. The van der Waals surface area contributed by atoms with Gasteiger partial charge in [-0.05, 0) is 66.5 Å². The summed E-state index contributed by atoms with van der Waals surface area (Å²) in [6.07, 6.45) is 0. The van der Waals surface area contributed by atoms with Gasteiger partial charge in [-0.25, -0.2) is 4.68 Å². The Bertz CT molecular complexity index is 951. The Morgan fingerprint density at radius 1 is 1.07 bits per heavy atom. The van der Waals surface area contributed by atoms with Gasteiger partial charge in [-0.2, -0.15) is 5.10 Å². The van der Waals surface area contributed by atoms with Crippen molar-refractivity contribution in [2.75, 3.05) is 18.4 Å². The Morgan fingerprint density at radius 2 is 1.85 bits per heavy atom. The molecule has 0 fully saturated rings. The summed E-state index contributed by atoms with van der Waals surface area (Å²) in [5.41, 5.74) is 3.80. The van der Waals surface area contributed by atoms with Crippen molar-refractivity contribution < 1.29 is 4.79 Å². The number of aryl methyl sites for hydroxylation is 1. The van der Waals surface area contributed by atoms with E-state index in [1.165, 1.54) is 0 Å². The summed E-state index contributed by atoms with van der Waals surface area (Å²) >= 11 is 3.38. The van der Waals surface area contributed by atoms with E-state index in [1.807, 2.05) is 51.1 Å². The first-order valence-electron chi connectivity index (χ1n) is 8.61. The molecule has 2 N–H and O–H groups in total. The third-order valence-corrected chi connectivity index (χ3v) is 5.05. The van der Waals surface area contributed by atoms with E-state index in [4.69, 9.17) is 0 Å². The highest BCUT2D eigenvalue weighted by molar-refractivity contribution is 9.10. The molecule has 0 saturated carbocycles. The molecule has 27 heavy (non-hydrogen) atoms. The molecule has 8 heteroatoms. The predicted molar refractivity (Wildman–Crippen MR) is 108 cm³/mol. The number of aromatic nitrogens is 4. The van der Waals surface area contributed by atoms with Gasteiger partial charge in [-0.15, -0.1) is 10.2 Å². The Kier molecular flexibility index (Phi) is 5.85. The standard InChI is InChI=1S/C19H21BrN6O/c1-12-13(2)25-26(14(12)3)18-9-8-17(23-24-18)21-10-11-22-19(27)15-6-4-5-7-16(15)20/h4-9H,10-11H2,1-3H3,(H,21,23)(H,22,27). The van der Waals surface area contributed by atoms with E-state index >= 15 is 0 Å². The van der Waals surface area contributed by atoms with Crippen LogP contribution in [0.4, 0.5) is 5.82 Å². The third-order valence-electron chi connectivity index (χ3n) is 4.36. The van der Waals surface area contributed by atoms with Gasteiger partial charge in [0.1, 0.15) is 5.82 Å². The number of nitrogens with one attached hydrogen (secondary N) is 2. The van der Waals surface area contributed by atoms with Crippen LogP contribution in [-0.2, 0) is 0 Å². The zero-order chi connectivity index (χ0) is 19.4.